The summed E-state index contributed by atoms with van der Waals surface area (Å²) in [4.78, 5) is 36.8. The Balaban J connectivity index is 1.30. The largest absolute Gasteiger partial charge is 0.464 e. The minimum Gasteiger partial charge on any atom is -0.464 e. The lowest BCUT2D eigenvalue weighted by Gasteiger charge is -2.35. The molecule has 1 aliphatic carbocycles. The van der Waals surface area contributed by atoms with E-state index >= 15 is 0 Å². The van der Waals surface area contributed by atoms with Crippen LogP contribution in [0.25, 0.3) is 11.0 Å². The molecule has 1 aliphatic heterocycles. The molecule has 6 heteroatoms. The van der Waals surface area contributed by atoms with Gasteiger partial charge in [0.2, 0.25) is 17.7 Å². The van der Waals surface area contributed by atoms with Crippen LogP contribution in [-0.2, 0) is 39.1 Å². The topological polar surface area (TPSA) is 88.4 Å². The average Bonchev–Trinajstić information content (AvgIpc) is 3.40. The molecule has 1 atom stereocenters. The highest BCUT2D eigenvalue weighted by Crippen LogP contribution is 2.36. The van der Waals surface area contributed by atoms with Crippen LogP contribution in [0.15, 0.2) is 47.1 Å². The second kappa shape index (κ2) is 7.93. The van der Waals surface area contributed by atoms with Crippen molar-refractivity contribution in [3.8, 4) is 0 Å². The normalized spacial score (nSPS) is 20.3. The van der Waals surface area contributed by atoms with Crippen molar-refractivity contribution in [2.75, 3.05) is 5.32 Å². The number of aryl methyl sites for hydroxylation is 2. The monoisotopic (exact) mass is 430 g/mol. The van der Waals surface area contributed by atoms with Gasteiger partial charge in [-0.2, -0.15) is 0 Å². The molecule has 164 valence electrons. The van der Waals surface area contributed by atoms with Gasteiger partial charge in [-0.05, 0) is 73.1 Å². The van der Waals surface area contributed by atoms with Crippen LogP contribution < -0.4 is 10.6 Å². The summed E-state index contributed by atoms with van der Waals surface area (Å²) in [5, 5.41) is 6.42. The average molecular weight is 431 g/mol. The van der Waals surface area contributed by atoms with E-state index in [1.807, 2.05) is 31.2 Å². The lowest BCUT2D eigenvalue weighted by atomic mass is 9.72. The maximum absolute atomic E-state index is 12.7. The molecular formula is C26H26N2O4. The molecule has 2 aromatic carbocycles. The van der Waals surface area contributed by atoms with Gasteiger partial charge >= 0.3 is 0 Å². The Morgan fingerprint density at radius 3 is 2.56 bits per heavy atom. The quantitative estimate of drug-likeness (QED) is 0.594. The van der Waals surface area contributed by atoms with Crippen molar-refractivity contribution in [3.63, 3.8) is 0 Å². The molecule has 1 fully saturated rings. The number of nitrogens with one attached hydrogen (secondary N) is 2. The summed E-state index contributed by atoms with van der Waals surface area (Å²) in [6, 6.07) is 11.6. The minimum absolute atomic E-state index is 0.118. The summed E-state index contributed by atoms with van der Waals surface area (Å²) in [5.74, 6) is -0.585. The maximum atomic E-state index is 12.7. The molecular weight excluding hydrogens is 404 g/mol. The Labute approximate surface area is 186 Å². The number of benzene rings is 2. The van der Waals surface area contributed by atoms with Gasteiger partial charge in [-0.25, -0.2) is 0 Å². The van der Waals surface area contributed by atoms with E-state index in [0.29, 0.717) is 24.9 Å². The highest BCUT2D eigenvalue weighted by atomic mass is 16.3. The van der Waals surface area contributed by atoms with Crippen LogP contribution in [0.5, 0.6) is 0 Å². The van der Waals surface area contributed by atoms with Gasteiger partial charge in [0.1, 0.15) is 5.58 Å². The number of piperidine rings is 1. The number of imide groups is 1. The summed E-state index contributed by atoms with van der Waals surface area (Å²) >= 11 is 0. The van der Waals surface area contributed by atoms with Crippen LogP contribution in [0.1, 0.15) is 54.9 Å². The molecule has 6 nitrogen and oxygen atoms in total. The fourth-order valence-corrected chi connectivity index (χ4v) is 5.10. The van der Waals surface area contributed by atoms with Gasteiger partial charge in [-0.1, -0.05) is 19.1 Å². The highest BCUT2D eigenvalue weighted by molar-refractivity contribution is 6.03. The van der Waals surface area contributed by atoms with Gasteiger partial charge in [0.25, 0.3) is 0 Å². The first-order valence-electron chi connectivity index (χ1n) is 11.2. The molecule has 5 rings (SSSR count). The van der Waals surface area contributed by atoms with Crippen molar-refractivity contribution in [1.29, 1.82) is 0 Å². The summed E-state index contributed by atoms with van der Waals surface area (Å²) in [6.45, 7) is 1.95. The van der Waals surface area contributed by atoms with E-state index < -0.39 is 5.41 Å². The Kier molecular flexibility index (Phi) is 5.08. The van der Waals surface area contributed by atoms with E-state index in [4.69, 9.17) is 4.42 Å². The number of furan rings is 1. The van der Waals surface area contributed by atoms with Crippen molar-refractivity contribution < 1.29 is 18.8 Å². The number of hydrogen-bond acceptors (Lipinski definition) is 4. The van der Waals surface area contributed by atoms with Gasteiger partial charge in [-0.15, -0.1) is 0 Å². The molecule has 2 N–H and O–H groups in total. The molecule has 1 saturated heterocycles. The molecule has 1 unspecified atom stereocenters. The van der Waals surface area contributed by atoms with Gasteiger partial charge in [0.15, 0.2) is 0 Å². The van der Waals surface area contributed by atoms with Gasteiger partial charge in [0.05, 0.1) is 18.1 Å². The molecule has 32 heavy (non-hydrogen) atoms. The number of fused-ring (bicyclic) bond motifs is 2. The third-order valence-electron chi connectivity index (χ3n) is 7.01. The molecule has 0 bridgehead atoms. The van der Waals surface area contributed by atoms with Crippen LogP contribution in [0.3, 0.4) is 0 Å². The van der Waals surface area contributed by atoms with Gasteiger partial charge < -0.3 is 9.73 Å². The zero-order chi connectivity index (χ0) is 22.3. The molecule has 2 aliphatic rings. The van der Waals surface area contributed by atoms with E-state index in [9.17, 15) is 14.4 Å². The van der Waals surface area contributed by atoms with Crippen LogP contribution >= 0.6 is 0 Å². The molecule has 0 saturated carbocycles. The predicted octanol–water partition coefficient (Wildman–Crippen LogP) is 4.19. The van der Waals surface area contributed by atoms with E-state index in [1.54, 1.807) is 6.26 Å². The second-order valence-corrected chi connectivity index (χ2v) is 8.85. The van der Waals surface area contributed by atoms with Gasteiger partial charge in [-0.3, -0.25) is 19.7 Å². The lowest BCUT2D eigenvalue weighted by molar-refractivity contribution is -0.138. The predicted molar refractivity (Wildman–Crippen MR) is 121 cm³/mol. The summed E-state index contributed by atoms with van der Waals surface area (Å²) in [5.41, 5.74) is 5.26. The van der Waals surface area contributed by atoms with Crippen molar-refractivity contribution >= 4 is 34.4 Å². The number of amides is 3. The lowest BCUT2D eigenvalue weighted by Crippen LogP contribution is -2.51. The second-order valence-electron chi connectivity index (χ2n) is 8.85. The number of rotatable bonds is 5. The first-order valence-corrected chi connectivity index (χ1v) is 11.2. The van der Waals surface area contributed by atoms with Crippen LogP contribution in [0, 0.1) is 0 Å². The number of hydrogen-bond donors (Lipinski definition) is 2. The number of carbonyl (C=O) groups is 3. The Morgan fingerprint density at radius 2 is 1.84 bits per heavy atom. The third kappa shape index (κ3) is 3.49. The first kappa shape index (κ1) is 20.5. The van der Waals surface area contributed by atoms with E-state index in [0.717, 1.165) is 34.9 Å². The van der Waals surface area contributed by atoms with Crippen LogP contribution in [0.2, 0.25) is 0 Å². The van der Waals surface area contributed by atoms with E-state index in [1.165, 1.54) is 17.5 Å². The standard InChI is InChI=1S/C26H26N2O4/c1-2-26(11-10-23(29)28-25(26)31)19-6-8-20(9-7-19)27-24(30)14-18-15-32-22-13-17-5-3-4-16(17)12-21(18)22/h6-9,12-13,15H,2-5,10-11,14H2,1H3,(H,27,30)(H,28,29,31). The first-order chi connectivity index (χ1) is 15.5. The third-order valence-corrected chi connectivity index (χ3v) is 7.01. The zero-order valence-electron chi connectivity index (χ0n) is 18.1. The zero-order valence-corrected chi connectivity index (χ0v) is 18.1. The molecule has 3 aromatic rings. The smallest absolute Gasteiger partial charge is 0.237 e. The highest BCUT2D eigenvalue weighted by Gasteiger charge is 2.42. The van der Waals surface area contributed by atoms with Crippen molar-refractivity contribution in [3.05, 3.63) is 64.9 Å². The van der Waals surface area contributed by atoms with Crippen LogP contribution in [-0.4, -0.2) is 17.7 Å². The minimum atomic E-state index is -0.702. The van der Waals surface area contributed by atoms with E-state index in [-0.39, 0.29) is 24.1 Å². The fourth-order valence-electron chi connectivity index (χ4n) is 5.10. The van der Waals surface area contributed by atoms with Crippen molar-refractivity contribution in [2.24, 2.45) is 0 Å². The molecule has 0 spiro atoms. The molecule has 3 amide bonds. The Morgan fingerprint density at radius 1 is 1.09 bits per heavy atom. The summed E-state index contributed by atoms with van der Waals surface area (Å²) < 4.78 is 5.71. The fraction of sp³-hybridized carbons (Fsp3) is 0.346. The number of carbonyl (C=O) groups excluding carboxylic acids is 3. The Hall–Kier alpha value is -3.41. The van der Waals surface area contributed by atoms with Crippen molar-refractivity contribution in [1.82, 2.24) is 5.32 Å². The van der Waals surface area contributed by atoms with E-state index in [2.05, 4.69) is 22.8 Å². The SMILES string of the molecule is CCC1(c2ccc(NC(=O)Cc3coc4cc5c(cc34)CCC5)cc2)CCC(=O)NC1=O. The van der Waals surface area contributed by atoms with Gasteiger partial charge in [0, 0.05) is 23.1 Å². The maximum Gasteiger partial charge on any atom is 0.237 e. The summed E-state index contributed by atoms with van der Waals surface area (Å²) in [7, 11) is 0. The molecule has 0 radical (unpaired) electrons. The number of anilines is 1. The van der Waals surface area contributed by atoms with Crippen LogP contribution in [0.4, 0.5) is 5.69 Å². The Bertz CT molecular complexity index is 1220. The molecule has 2 heterocycles. The van der Waals surface area contributed by atoms with Crippen molar-refractivity contribution in [2.45, 2.75) is 57.3 Å². The molecule has 1 aromatic heterocycles. The summed E-state index contributed by atoms with van der Waals surface area (Å²) in [6.07, 6.45) is 6.69.